The van der Waals surface area contributed by atoms with Gasteiger partial charge in [-0.15, -0.1) is 0 Å². The topological polar surface area (TPSA) is 58.4 Å². The molecule has 4 heteroatoms. The highest BCUT2D eigenvalue weighted by Crippen LogP contribution is 2.15. The van der Waals surface area contributed by atoms with Crippen molar-refractivity contribution in [1.82, 2.24) is 5.32 Å². The lowest BCUT2D eigenvalue weighted by molar-refractivity contribution is -0.120. The van der Waals surface area contributed by atoms with Gasteiger partial charge in [0.15, 0.2) is 0 Å². The Kier molecular flexibility index (Phi) is 4.64. The van der Waals surface area contributed by atoms with E-state index in [1.54, 1.807) is 0 Å². The molecule has 0 aromatic heterocycles. The number of hydrogen-bond acceptors (Lipinski definition) is 3. The number of nitrogens with one attached hydrogen (secondary N) is 1. The van der Waals surface area contributed by atoms with Gasteiger partial charge in [-0.2, -0.15) is 0 Å². The van der Waals surface area contributed by atoms with E-state index in [-0.39, 0.29) is 5.91 Å². The molecule has 0 unspecified atom stereocenters. The summed E-state index contributed by atoms with van der Waals surface area (Å²) in [6.45, 7) is 3.29. The maximum Gasteiger partial charge on any atom is 0.221 e. The fourth-order valence-corrected chi connectivity index (χ4v) is 1.45. The second-order valence-corrected chi connectivity index (χ2v) is 3.72. The Labute approximate surface area is 96.4 Å². The van der Waals surface area contributed by atoms with Crippen LogP contribution in [0.5, 0.6) is 0 Å². The third kappa shape index (κ3) is 3.81. The quantitative estimate of drug-likeness (QED) is 0.735. The van der Waals surface area contributed by atoms with E-state index in [4.69, 9.17) is 5.73 Å². The number of anilines is 2. The molecule has 0 radical (unpaired) electrons. The van der Waals surface area contributed by atoms with E-state index in [2.05, 4.69) is 5.32 Å². The maximum absolute atomic E-state index is 11.3. The number of amides is 1. The standard InChI is InChI=1S/C12H19N3O/c1-3-14-12(16)7-8-15(2)11-6-4-5-10(13)9-11/h4-6,9H,3,7-8,13H2,1-2H3,(H,14,16). The second kappa shape index (κ2) is 6.00. The molecule has 88 valence electrons. The normalized spacial score (nSPS) is 9.88. The van der Waals surface area contributed by atoms with Gasteiger partial charge in [0.25, 0.3) is 0 Å². The minimum absolute atomic E-state index is 0.0817. The van der Waals surface area contributed by atoms with Crippen molar-refractivity contribution in [1.29, 1.82) is 0 Å². The Hall–Kier alpha value is -1.71. The summed E-state index contributed by atoms with van der Waals surface area (Å²) in [5.74, 6) is 0.0817. The van der Waals surface area contributed by atoms with Gasteiger partial charge in [-0.25, -0.2) is 0 Å². The molecule has 1 aromatic carbocycles. The van der Waals surface area contributed by atoms with Gasteiger partial charge in [-0.05, 0) is 25.1 Å². The average Bonchev–Trinajstić information content (AvgIpc) is 2.26. The molecule has 1 aromatic rings. The molecule has 0 bridgehead atoms. The van der Waals surface area contributed by atoms with E-state index < -0.39 is 0 Å². The van der Waals surface area contributed by atoms with Crippen LogP contribution < -0.4 is 16.0 Å². The first-order valence-electron chi connectivity index (χ1n) is 5.47. The van der Waals surface area contributed by atoms with Crippen molar-refractivity contribution >= 4 is 17.3 Å². The predicted octanol–water partition coefficient (Wildman–Crippen LogP) is 1.23. The number of carbonyl (C=O) groups excluding carboxylic acids is 1. The zero-order valence-electron chi connectivity index (χ0n) is 9.86. The molecule has 0 aliphatic carbocycles. The highest BCUT2D eigenvalue weighted by Gasteiger charge is 2.04. The molecule has 0 aliphatic heterocycles. The summed E-state index contributed by atoms with van der Waals surface area (Å²) in [6, 6.07) is 7.64. The minimum atomic E-state index is 0.0817. The van der Waals surface area contributed by atoms with E-state index in [1.165, 1.54) is 0 Å². The molecule has 1 amide bonds. The summed E-state index contributed by atoms with van der Waals surface area (Å²) in [5.41, 5.74) is 7.46. The Bertz CT molecular complexity index is 352. The van der Waals surface area contributed by atoms with Crippen molar-refractivity contribution in [2.24, 2.45) is 0 Å². The van der Waals surface area contributed by atoms with Crippen molar-refractivity contribution in [2.75, 3.05) is 30.8 Å². The van der Waals surface area contributed by atoms with Gasteiger partial charge < -0.3 is 16.0 Å². The number of rotatable bonds is 5. The van der Waals surface area contributed by atoms with Crippen molar-refractivity contribution in [3.63, 3.8) is 0 Å². The lowest BCUT2D eigenvalue weighted by Crippen LogP contribution is -2.28. The Morgan fingerprint density at radius 1 is 1.50 bits per heavy atom. The van der Waals surface area contributed by atoms with Gasteiger partial charge in [-0.1, -0.05) is 6.07 Å². The highest BCUT2D eigenvalue weighted by atomic mass is 16.1. The first kappa shape index (κ1) is 12.4. The van der Waals surface area contributed by atoms with Crippen LogP contribution >= 0.6 is 0 Å². The molecule has 1 rings (SSSR count). The van der Waals surface area contributed by atoms with Crippen molar-refractivity contribution in [2.45, 2.75) is 13.3 Å². The van der Waals surface area contributed by atoms with Crippen LogP contribution in [0.25, 0.3) is 0 Å². The number of benzene rings is 1. The van der Waals surface area contributed by atoms with Crippen LogP contribution in [0, 0.1) is 0 Å². The Morgan fingerprint density at radius 2 is 2.25 bits per heavy atom. The van der Waals surface area contributed by atoms with Crippen LogP contribution in [0.1, 0.15) is 13.3 Å². The van der Waals surface area contributed by atoms with E-state index in [9.17, 15) is 4.79 Å². The van der Waals surface area contributed by atoms with Crippen LogP contribution in [0.3, 0.4) is 0 Å². The molecule has 0 fully saturated rings. The third-order valence-corrected chi connectivity index (χ3v) is 2.36. The van der Waals surface area contributed by atoms with E-state index in [0.717, 1.165) is 11.4 Å². The molecule has 16 heavy (non-hydrogen) atoms. The molecule has 0 saturated heterocycles. The van der Waals surface area contributed by atoms with E-state index in [0.29, 0.717) is 19.5 Å². The number of carbonyl (C=O) groups is 1. The average molecular weight is 221 g/mol. The van der Waals surface area contributed by atoms with Crippen LogP contribution in [-0.2, 0) is 4.79 Å². The fourth-order valence-electron chi connectivity index (χ4n) is 1.45. The van der Waals surface area contributed by atoms with Crippen LogP contribution in [0.4, 0.5) is 11.4 Å². The number of hydrogen-bond donors (Lipinski definition) is 2. The monoisotopic (exact) mass is 221 g/mol. The number of nitrogens with zero attached hydrogens (tertiary/aromatic N) is 1. The predicted molar refractivity (Wildman–Crippen MR) is 67.4 cm³/mol. The summed E-state index contributed by atoms with van der Waals surface area (Å²) in [5, 5.41) is 2.77. The third-order valence-electron chi connectivity index (χ3n) is 2.36. The summed E-state index contributed by atoms with van der Waals surface area (Å²) in [6.07, 6.45) is 0.499. The molecule has 0 saturated carbocycles. The summed E-state index contributed by atoms with van der Waals surface area (Å²) in [7, 11) is 1.95. The van der Waals surface area contributed by atoms with Gasteiger partial charge in [0, 0.05) is 37.9 Å². The second-order valence-electron chi connectivity index (χ2n) is 3.72. The summed E-state index contributed by atoms with van der Waals surface area (Å²) < 4.78 is 0. The molecule has 0 heterocycles. The van der Waals surface area contributed by atoms with Crippen molar-refractivity contribution in [3.8, 4) is 0 Å². The molecule has 0 spiro atoms. The largest absolute Gasteiger partial charge is 0.399 e. The minimum Gasteiger partial charge on any atom is -0.399 e. The Balaban J connectivity index is 2.46. The van der Waals surface area contributed by atoms with Crippen LogP contribution in [0.15, 0.2) is 24.3 Å². The van der Waals surface area contributed by atoms with Gasteiger partial charge in [0.1, 0.15) is 0 Å². The lowest BCUT2D eigenvalue weighted by atomic mass is 10.2. The van der Waals surface area contributed by atoms with Gasteiger partial charge in [0.2, 0.25) is 5.91 Å². The molecule has 0 aliphatic rings. The SMILES string of the molecule is CCNC(=O)CCN(C)c1cccc(N)c1. The van der Waals surface area contributed by atoms with Gasteiger partial charge in [-0.3, -0.25) is 4.79 Å². The molecule has 0 atom stereocenters. The summed E-state index contributed by atoms with van der Waals surface area (Å²) in [4.78, 5) is 13.3. The zero-order valence-corrected chi connectivity index (χ0v) is 9.86. The molecular formula is C12H19N3O. The van der Waals surface area contributed by atoms with Crippen LogP contribution in [0.2, 0.25) is 0 Å². The van der Waals surface area contributed by atoms with E-state index in [1.807, 2.05) is 43.1 Å². The Morgan fingerprint density at radius 3 is 2.88 bits per heavy atom. The summed E-state index contributed by atoms with van der Waals surface area (Å²) >= 11 is 0. The van der Waals surface area contributed by atoms with Crippen molar-refractivity contribution in [3.05, 3.63) is 24.3 Å². The fraction of sp³-hybridized carbons (Fsp3) is 0.417. The molecule has 3 N–H and O–H groups in total. The van der Waals surface area contributed by atoms with Gasteiger partial charge >= 0.3 is 0 Å². The number of nitrogens with two attached hydrogens (primary N) is 1. The lowest BCUT2D eigenvalue weighted by Gasteiger charge is -2.19. The first-order valence-corrected chi connectivity index (χ1v) is 5.47. The van der Waals surface area contributed by atoms with Crippen LogP contribution in [-0.4, -0.2) is 26.0 Å². The highest BCUT2D eigenvalue weighted by molar-refractivity contribution is 5.76. The first-order chi connectivity index (χ1) is 7.63. The van der Waals surface area contributed by atoms with Gasteiger partial charge in [0.05, 0.1) is 0 Å². The van der Waals surface area contributed by atoms with Crippen molar-refractivity contribution < 1.29 is 4.79 Å². The smallest absolute Gasteiger partial charge is 0.221 e. The number of nitrogen functional groups attached to an aromatic ring is 1. The molecule has 4 nitrogen and oxygen atoms in total. The molecular weight excluding hydrogens is 202 g/mol. The maximum atomic E-state index is 11.3. The zero-order chi connectivity index (χ0) is 12.0. The van der Waals surface area contributed by atoms with E-state index >= 15 is 0 Å².